The molecule has 1 saturated heterocycles. The summed E-state index contributed by atoms with van der Waals surface area (Å²) in [5.41, 5.74) is -0.492. The number of halogens is 1. The average molecular weight is 360 g/mol. The number of amides is 1. The van der Waals surface area contributed by atoms with Crippen LogP contribution in [0.3, 0.4) is 0 Å². The Balaban J connectivity index is 1.66. The molecule has 0 bridgehead atoms. The first-order valence-electron chi connectivity index (χ1n) is 8.36. The van der Waals surface area contributed by atoms with Crippen LogP contribution in [0.15, 0.2) is 35.3 Å². The second kappa shape index (κ2) is 7.65. The molecule has 1 atom stereocenters. The molecule has 1 fully saturated rings. The standard InChI is InChI=1S/C18H21FN4O3/c1-22-8-7-13(10-22)23(2)18(25)15-9-20-16(21-17(15)24)11-26-14-5-3-12(19)4-6-14/h3-6,9,13H,7-8,10-11H2,1-2H3,(H,20,21,24). The molecule has 1 aromatic heterocycles. The van der Waals surface area contributed by atoms with Crippen molar-refractivity contribution in [1.29, 1.82) is 0 Å². The van der Waals surface area contributed by atoms with Crippen LogP contribution in [0.2, 0.25) is 0 Å². The summed E-state index contributed by atoms with van der Waals surface area (Å²) in [6.07, 6.45) is 2.16. The smallest absolute Gasteiger partial charge is 0.263 e. The Kier molecular flexibility index (Phi) is 5.32. The van der Waals surface area contributed by atoms with E-state index in [0.717, 1.165) is 19.5 Å². The number of carbonyl (C=O) groups excluding carboxylic acids is 1. The van der Waals surface area contributed by atoms with Gasteiger partial charge in [0, 0.05) is 25.8 Å². The van der Waals surface area contributed by atoms with Crippen molar-refractivity contribution in [2.75, 3.05) is 27.2 Å². The molecular formula is C18H21FN4O3. The van der Waals surface area contributed by atoms with Gasteiger partial charge in [-0.25, -0.2) is 9.37 Å². The highest BCUT2D eigenvalue weighted by molar-refractivity contribution is 5.93. The first kappa shape index (κ1) is 18.1. The number of benzene rings is 1. The minimum Gasteiger partial charge on any atom is -0.486 e. The van der Waals surface area contributed by atoms with E-state index in [4.69, 9.17) is 4.74 Å². The fourth-order valence-electron chi connectivity index (χ4n) is 2.92. The van der Waals surface area contributed by atoms with E-state index in [-0.39, 0.29) is 29.9 Å². The Labute approximate surface area is 150 Å². The van der Waals surface area contributed by atoms with Gasteiger partial charge in [0.05, 0.1) is 0 Å². The van der Waals surface area contributed by atoms with Crippen molar-refractivity contribution in [1.82, 2.24) is 19.8 Å². The van der Waals surface area contributed by atoms with Crippen LogP contribution < -0.4 is 10.3 Å². The molecule has 1 unspecified atom stereocenters. The van der Waals surface area contributed by atoms with E-state index in [1.165, 1.54) is 30.5 Å². The number of likely N-dealkylation sites (tertiary alicyclic amines) is 1. The lowest BCUT2D eigenvalue weighted by molar-refractivity contribution is 0.0735. The summed E-state index contributed by atoms with van der Waals surface area (Å²) in [6, 6.07) is 5.62. The average Bonchev–Trinajstić information content (AvgIpc) is 3.06. The van der Waals surface area contributed by atoms with E-state index in [0.29, 0.717) is 11.6 Å². The molecule has 0 aliphatic carbocycles. The number of aromatic amines is 1. The van der Waals surface area contributed by atoms with Crippen LogP contribution in [0, 0.1) is 5.82 Å². The van der Waals surface area contributed by atoms with Crippen molar-refractivity contribution in [2.24, 2.45) is 0 Å². The molecule has 26 heavy (non-hydrogen) atoms. The largest absolute Gasteiger partial charge is 0.486 e. The van der Waals surface area contributed by atoms with Gasteiger partial charge >= 0.3 is 0 Å². The van der Waals surface area contributed by atoms with E-state index < -0.39 is 5.56 Å². The maximum absolute atomic E-state index is 12.9. The van der Waals surface area contributed by atoms with E-state index >= 15 is 0 Å². The molecule has 2 aromatic rings. The van der Waals surface area contributed by atoms with Crippen LogP contribution in [0.1, 0.15) is 22.6 Å². The second-order valence-electron chi connectivity index (χ2n) is 6.44. The van der Waals surface area contributed by atoms with Gasteiger partial charge in [-0.15, -0.1) is 0 Å². The third-order valence-corrected chi connectivity index (χ3v) is 4.51. The van der Waals surface area contributed by atoms with Gasteiger partial charge in [0.2, 0.25) is 0 Å². The van der Waals surface area contributed by atoms with Crippen LogP contribution in [0.4, 0.5) is 4.39 Å². The molecular weight excluding hydrogens is 339 g/mol. The normalized spacial score (nSPS) is 17.3. The van der Waals surface area contributed by atoms with E-state index in [1.807, 2.05) is 7.05 Å². The molecule has 0 saturated carbocycles. The van der Waals surface area contributed by atoms with Crippen LogP contribution in [0.25, 0.3) is 0 Å². The molecule has 1 N–H and O–H groups in total. The monoisotopic (exact) mass is 360 g/mol. The lowest BCUT2D eigenvalue weighted by Crippen LogP contribution is -2.41. The summed E-state index contributed by atoms with van der Waals surface area (Å²) in [5, 5.41) is 0. The Bertz CT molecular complexity index is 837. The molecule has 1 aliphatic heterocycles. The number of likely N-dealkylation sites (N-methyl/N-ethyl adjacent to an activating group) is 2. The first-order chi connectivity index (χ1) is 12.4. The van der Waals surface area contributed by atoms with Gasteiger partial charge in [-0.2, -0.15) is 0 Å². The van der Waals surface area contributed by atoms with Crippen molar-refractivity contribution in [3.05, 3.63) is 58.0 Å². The number of nitrogens with zero attached hydrogens (tertiary/aromatic N) is 3. The number of carbonyl (C=O) groups is 1. The zero-order valence-corrected chi connectivity index (χ0v) is 14.7. The number of hydrogen-bond acceptors (Lipinski definition) is 5. The first-order valence-corrected chi connectivity index (χ1v) is 8.36. The lowest BCUT2D eigenvalue weighted by Gasteiger charge is -2.24. The highest BCUT2D eigenvalue weighted by Gasteiger charge is 2.28. The molecule has 1 amide bonds. The zero-order chi connectivity index (χ0) is 18.7. The minimum absolute atomic E-state index is 0.00702. The van der Waals surface area contributed by atoms with Crippen molar-refractivity contribution in [3.8, 4) is 5.75 Å². The molecule has 8 heteroatoms. The SMILES string of the molecule is CN1CCC(N(C)C(=O)c2cnc(COc3ccc(F)cc3)[nH]c2=O)C1. The predicted octanol–water partition coefficient (Wildman–Crippen LogP) is 1.26. The lowest BCUT2D eigenvalue weighted by atomic mass is 10.2. The van der Waals surface area contributed by atoms with Gasteiger partial charge in [-0.1, -0.05) is 0 Å². The summed E-state index contributed by atoms with van der Waals surface area (Å²) >= 11 is 0. The number of ether oxygens (including phenoxy) is 1. The number of H-pyrrole nitrogens is 1. The Morgan fingerprint density at radius 1 is 1.42 bits per heavy atom. The van der Waals surface area contributed by atoms with Crippen molar-refractivity contribution in [3.63, 3.8) is 0 Å². The Morgan fingerprint density at radius 2 is 2.15 bits per heavy atom. The van der Waals surface area contributed by atoms with Gasteiger partial charge < -0.3 is 19.5 Å². The van der Waals surface area contributed by atoms with Gasteiger partial charge in [-0.05, 0) is 44.3 Å². The Morgan fingerprint density at radius 3 is 2.77 bits per heavy atom. The summed E-state index contributed by atoms with van der Waals surface area (Å²) in [7, 11) is 3.71. The summed E-state index contributed by atoms with van der Waals surface area (Å²) < 4.78 is 18.3. The van der Waals surface area contributed by atoms with E-state index in [9.17, 15) is 14.0 Å². The number of rotatable bonds is 5. The highest BCUT2D eigenvalue weighted by Crippen LogP contribution is 2.15. The molecule has 0 radical (unpaired) electrons. The van der Waals surface area contributed by atoms with Crippen molar-refractivity contribution >= 4 is 5.91 Å². The van der Waals surface area contributed by atoms with Crippen LogP contribution >= 0.6 is 0 Å². The summed E-state index contributed by atoms with van der Waals surface area (Å²) in [4.78, 5) is 35.2. The molecule has 7 nitrogen and oxygen atoms in total. The van der Waals surface area contributed by atoms with Crippen molar-refractivity contribution < 1.29 is 13.9 Å². The Hall–Kier alpha value is -2.74. The van der Waals surface area contributed by atoms with Gasteiger partial charge in [0.15, 0.2) is 0 Å². The second-order valence-corrected chi connectivity index (χ2v) is 6.44. The number of hydrogen-bond donors (Lipinski definition) is 1. The molecule has 138 valence electrons. The topological polar surface area (TPSA) is 78.5 Å². The van der Waals surface area contributed by atoms with Gasteiger partial charge in [0.1, 0.15) is 29.6 Å². The summed E-state index contributed by atoms with van der Waals surface area (Å²) in [6.45, 7) is 1.73. The quantitative estimate of drug-likeness (QED) is 0.869. The molecule has 1 aromatic carbocycles. The van der Waals surface area contributed by atoms with Crippen LogP contribution in [-0.4, -0.2) is 58.9 Å². The molecule has 1 aliphatic rings. The minimum atomic E-state index is -0.499. The predicted molar refractivity (Wildman–Crippen MR) is 93.6 cm³/mol. The zero-order valence-electron chi connectivity index (χ0n) is 14.7. The summed E-state index contributed by atoms with van der Waals surface area (Å²) in [5.74, 6) is 0.0489. The van der Waals surface area contributed by atoms with E-state index in [2.05, 4.69) is 14.9 Å². The van der Waals surface area contributed by atoms with E-state index in [1.54, 1.807) is 11.9 Å². The van der Waals surface area contributed by atoms with Gasteiger partial charge in [-0.3, -0.25) is 9.59 Å². The number of aromatic nitrogens is 2. The fourth-order valence-corrected chi connectivity index (χ4v) is 2.92. The maximum Gasteiger partial charge on any atom is 0.263 e. The van der Waals surface area contributed by atoms with Crippen LogP contribution in [0.5, 0.6) is 5.75 Å². The highest BCUT2D eigenvalue weighted by atomic mass is 19.1. The molecule has 3 rings (SSSR count). The third-order valence-electron chi connectivity index (χ3n) is 4.51. The fraction of sp³-hybridized carbons (Fsp3) is 0.389. The molecule has 0 spiro atoms. The van der Waals surface area contributed by atoms with Crippen molar-refractivity contribution in [2.45, 2.75) is 19.1 Å². The third kappa shape index (κ3) is 4.08. The maximum atomic E-state index is 12.9. The van der Waals surface area contributed by atoms with Gasteiger partial charge in [0.25, 0.3) is 11.5 Å². The number of nitrogens with one attached hydrogen (secondary N) is 1. The van der Waals surface area contributed by atoms with Crippen LogP contribution in [-0.2, 0) is 6.61 Å². The molecule has 2 heterocycles.